The highest BCUT2D eigenvalue weighted by Crippen LogP contribution is 2.44. The first kappa shape index (κ1) is 21.4. The molecule has 0 unspecified atom stereocenters. The lowest BCUT2D eigenvalue weighted by Gasteiger charge is -2.11. The third kappa shape index (κ3) is 4.04. The molecule has 0 aliphatic rings. The Balaban J connectivity index is 1.78. The predicted molar refractivity (Wildman–Crippen MR) is 104 cm³/mol. The number of phenols is 1. The molecule has 2 aromatic carbocycles. The van der Waals surface area contributed by atoms with Crippen LogP contribution in [0.15, 0.2) is 36.4 Å². The van der Waals surface area contributed by atoms with Crippen LogP contribution in [0.2, 0.25) is 0 Å². The molecule has 0 fully saturated rings. The zero-order valence-corrected chi connectivity index (χ0v) is 16.9. The number of halogens is 6. The summed E-state index contributed by atoms with van der Waals surface area (Å²) in [6.07, 6.45) is -9.15. The molecule has 0 radical (unpaired) electrons. The van der Waals surface area contributed by atoms with E-state index in [1.165, 1.54) is 13.2 Å². The Kier molecular flexibility index (Phi) is 5.09. The first-order chi connectivity index (χ1) is 14.5. The van der Waals surface area contributed by atoms with Gasteiger partial charge in [-0.1, -0.05) is 22.7 Å². The van der Waals surface area contributed by atoms with Gasteiger partial charge in [-0.2, -0.15) is 26.3 Å². The molecule has 4 rings (SSSR count). The Morgan fingerprint density at radius 3 is 1.77 bits per heavy atom. The van der Waals surface area contributed by atoms with Gasteiger partial charge in [0, 0.05) is 0 Å². The number of alkyl halides is 6. The van der Waals surface area contributed by atoms with Crippen LogP contribution in [0.5, 0.6) is 11.5 Å². The van der Waals surface area contributed by atoms with E-state index in [9.17, 15) is 31.4 Å². The van der Waals surface area contributed by atoms with E-state index in [1.807, 2.05) is 0 Å². The lowest BCUT2D eigenvalue weighted by molar-refractivity contribution is -0.138. The second-order valence-corrected chi connectivity index (χ2v) is 8.25. The van der Waals surface area contributed by atoms with E-state index >= 15 is 0 Å². The van der Waals surface area contributed by atoms with Crippen molar-refractivity contribution in [3.8, 4) is 32.6 Å². The molecule has 4 nitrogen and oxygen atoms in total. The molecule has 0 bridgehead atoms. The van der Waals surface area contributed by atoms with Gasteiger partial charge in [-0.15, -0.1) is 0 Å². The molecule has 0 aliphatic carbocycles. The molecule has 12 heteroatoms. The van der Waals surface area contributed by atoms with Gasteiger partial charge in [0.25, 0.3) is 0 Å². The van der Waals surface area contributed by atoms with Crippen molar-refractivity contribution in [1.82, 2.24) is 9.97 Å². The van der Waals surface area contributed by atoms with Gasteiger partial charge in [0.15, 0.2) is 9.66 Å². The van der Waals surface area contributed by atoms with Crippen molar-refractivity contribution in [3.63, 3.8) is 0 Å². The summed E-state index contributed by atoms with van der Waals surface area (Å²) < 4.78 is 83.4. The van der Waals surface area contributed by atoms with E-state index in [1.54, 1.807) is 0 Å². The van der Waals surface area contributed by atoms with Crippen LogP contribution in [0.1, 0.15) is 11.1 Å². The van der Waals surface area contributed by atoms with Gasteiger partial charge in [0.2, 0.25) is 0 Å². The van der Waals surface area contributed by atoms with Crippen LogP contribution in [0.3, 0.4) is 0 Å². The van der Waals surface area contributed by atoms with E-state index < -0.39 is 23.5 Å². The number of nitrogens with zero attached hydrogens (tertiary/aromatic N) is 2. The summed E-state index contributed by atoms with van der Waals surface area (Å²) >= 11 is 1.89. The minimum Gasteiger partial charge on any atom is -0.507 e. The van der Waals surface area contributed by atoms with E-state index in [4.69, 9.17) is 4.74 Å². The van der Waals surface area contributed by atoms with Crippen molar-refractivity contribution in [3.05, 3.63) is 47.5 Å². The maximum absolute atomic E-state index is 13.1. The summed E-state index contributed by atoms with van der Waals surface area (Å²) in [5.74, 6) is -0.195. The molecule has 1 N–H and O–H groups in total. The predicted octanol–water partition coefficient (Wildman–Crippen LogP) is 6.84. The van der Waals surface area contributed by atoms with Crippen LogP contribution in [-0.2, 0) is 12.4 Å². The first-order valence-corrected chi connectivity index (χ1v) is 10.0. The molecule has 0 amide bonds. The molecular weight excluding hydrogens is 466 g/mol. The molecule has 2 aromatic heterocycles. The highest BCUT2D eigenvalue weighted by Gasteiger charge is 2.33. The molecule has 0 aliphatic heterocycles. The van der Waals surface area contributed by atoms with Gasteiger partial charge in [-0.05, 0) is 36.4 Å². The number of ether oxygens (including phenoxy) is 1. The summed E-state index contributed by atoms with van der Waals surface area (Å²) in [6, 6.07) is 5.47. The molecule has 0 spiro atoms. The van der Waals surface area contributed by atoms with Crippen LogP contribution in [0.25, 0.3) is 30.8 Å². The van der Waals surface area contributed by atoms with Gasteiger partial charge in [0.1, 0.15) is 21.5 Å². The number of aromatic hydroxyl groups is 1. The molecule has 2 heterocycles. The van der Waals surface area contributed by atoms with Gasteiger partial charge < -0.3 is 9.84 Å². The van der Waals surface area contributed by atoms with E-state index in [2.05, 4.69) is 9.97 Å². The largest absolute Gasteiger partial charge is 0.507 e. The lowest BCUT2D eigenvalue weighted by atomic mass is 10.1. The molecule has 0 atom stereocenters. The standard InChI is InChI=1S/C19H10F6N2O2S2/c1-29-13-5-3-9(19(23,24)25)7-11(13)15-27-17-16(31-15)26-14(30-17)10-6-8(18(20,21)22)2-4-12(10)28/h2-7,28H,1H3. The normalized spacial score (nSPS) is 12.5. The average Bonchev–Trinajstić information content (AvgIpc) is 3.25. The third-order valence-electron chi connectivity index (χ3n) is 4.29. The number of hydrogen-bond acceptors (Lipinski definition) is 6. The number of thiazole rings is 2. The SMILES string of the molecule is COc1ccc(C(F)(F)F)cc1-c1nc2sc(-c3cc(C(F)(F)F)ccc3O)nc2s1. The topological polar surface area (TPSA) is 55.2 Å². The third-order valence-corrected chi connectivity index (χ3v) is 6.38. The van der Waals surface area contributed by atoms with Gasteiger partial charge >= 0.3 is 12.4 Å². The molecular formula is C19H10F6N2O2S2. The lowest BCUT2D eigenvalue weighted by Crippen LogP contribution is -2.05. The average molecular weight is 476 g/mol. The second kappa shape index (κ2) is 7.38. The fraction of sp³-hybridized carbons (Fsp3) is 0.158. The van der Waals surface area contributed by atoms with Crippen LogP contribution >= 0.6 is 22.7 Å². The summed E-state index contributed by atoms with van der Waals surface area (Å²) in [5, 5.41) is 10.3. The zero-order chi connectivity index (χ0) is 22.6. The molecule has 4 aromatic rings. The van der Waals surface area contributed by atoms with Gasteiger partial charge in [-0.25, -0.2) is 9.97 Å². The van der Waals surface area contributed by atoms with E-state index in [-0.39, 0.29) is 32.6 Å². The number of fused-ring (bicyclic) bond motifs is 1. The summed E-state index contributed by atoms with van der Waals surface area (Å²) in [5.41, 5.74) is -1.80. The van der Waals surface area contributed by atoms with Crippen molar-refractivity contribution < 1.29 is 36.2 Å². The van der Waals surface area contributed by atoms with Crippen LogP contribution in [0, 0.1) is 0 Å². The van der Waals surface area contributed by atoms with Crippen LogP contribution in [-0.4, -0.2) is 22.2 Å². The van der Waals surface area contributed by atoms with Crippen molar-refractivity contribution in [2.24, 2.45) is 0 Å². The number of methoxy groups -OCH3 is 1. The molecule has 0 saturated carbocycles. The maximum Gasteiger partial charge on any atom is 0.416 e. The number of rotatable bonds is 3. The summed E-state index contributed by atoms with van der Waals surface area (Å²) in [4.78, 5) is 9.13. The number of phenolic OH excluding ortho intramolecular Hbond substituents is 1. The van der Waals surface area contributed by atoms with E-state index in [0.717, 1.165) is 53.0 Å². The maximum atomic E-state index is 13.1. The van der Waals surface area contributed by atoms with Gasteiger partial charge in [0.05, 0.1) is 29.4 Å². The Bertz CT molecular complexity index is 1250. The van der Waals surface area contributed by atoms with Gasteiger partial charge in [-0.3, -0.25) is 0 Å². The van der Waals surface area contributed by atoms with Crippen LogP contribution < -0.4 is 4.74 Å². The fourth-order valence-corrected chi connectivity index (χ4v) is 4.90. The number of hydrogen-bond donors (Lipinski definition) is 1. The summed E-state index contributed by atoms with van der Waals surface area (Å²) in [7, 11) is 1.31. The zero-order valence-electron chi connectivity index (χ0n) is 15.3. The second-order valence-electron chi connectivity index (χ2n) is 6.29. The molecule has 31 heavy (non-hydrogen) atoms. The highest BCUT2D eigenvalue weighted by molar-refractivity contribution is 7.29. The number of benzene rings is 2. The van der Waals surface area contributed by atoms with Crippen molar-refractivity contribution in [1.29, 1.82) is 0 Å². The van der Waals surface area contributed by atoms with Crippen molar-refractivity contribution in [2.45, 2.75) is 12.4 Å². The monoisotopic (exact) mass is 476 g/mol. The summed E-state index contributed by atoms with van der Waals surface area (Å²) in [6.45, 7) is 0. The Morgan fingerprint density at radius 1 is 0.774 bits per heavy atom. The fourth-order valence-electron chi connectivity index (χ4n) is 2.81. The highest BCUT2D eigenvalue weighted by atomic mass is 32.1. The molecule has 0 saturated heterocycles. The van der Waals surface area contributed by atoms with Crippen molar-refractivity contribution >= 4 is 32.3 Å². The first-order valence-electron chi connectivity index (χ1n) is 8.41. The Hall–Kier alpha value is -2.86. The quantitative estimate of drug-likeness (QED) is 0.329. The van der Waals surface area contributed by atoms with Crippen LogP contribution in [0.4, 0.5) is 26.3 Å². The van der Waals surface area contributed by atoms with Crippen molar-refractivity contribution in [2.75, 3.05) is 7.11 Å². The smallest absolute Gasteiger partial charge is 0.416 e. The Morgan fingerprint density at radius 2 is 1.26 bits per heavy atom. The Labute approximate surface area is 178 Å². The minimum atomic E-state index is -4.59. The molecule has 162 valence electrons. The van der Waals surface area contributed by atoms with E-state index in [0.29, 0.717) is 9.66 Å². The number of aromatic nitrogens is 2. The minimum absolute atomic E-state index is 0.108.